The van der Waals surface area contributed by atoms with Crippen LogP contribution in [0.25, 0.3) is 4.85 Å². The van der Waals surface area contributed by atoms with Crippen LogP contribution in [0.15, 0.2) is 24.3 Å². The summed E-state index contributed by atoms with van der Waals surface area (Å²) >= 11 is 0. The summed E-state index contributed by atoms with van der Waals surface area (Å²) in [5.41, 5.74) is 1.46. The highest BCUT2D eigenvalue weighted by Crippen LogP contribution is 2.47. The van der Waals surface area contributed by atoms with E-state index in [2.05, 4.69) is 30.5 Å². The molecule has 3 heteroatoms. The number of piperidine rings is 1. The third kappa shape index (κ3) is 3.63. The number of likely N-dealkylation sites (tertiary alicyclic amines) is 1. The minimum atomic E-state index is -0.179. The Kier molecular flexibility index (Phi) is 4.68. The maximum atomic E-state index is 12.9. The Hall–Kier alpha value is -1.40. The molecule has 0 aliphatic carbocycles. The molecule has 0 spiro atoms. The van der Waals surface area contributed by atoms with E-state index in [4.69, 9.17) is 6.57 Å². The molecule has 0 amide bonds. The average molecular weight is 288 g/mol. The van der Waals surface area contributed by atoms with Crippen LogP contribution in [0.3, 0.4) is 0 Å². The van der Waals surface area contributed by atoms with Crippen LogP contribution < -0.4 is 0 Å². The molecule has 21 heavy (non-hydrogen) atoms. The average Bonchev–Trinajstić information content (AvgIpc) is 2.43. The summed E-state index contributed by atoms with van der Waals surface area (Å²) in [5, 5.41) is 0. The summed E-state index contributed by atoms with van der Waals surface area (Å²) in [6.07, 6.45) is 2.14. The lowest BCUT2D eigenvalue weighted by atomic mass is 9.61. The second kappa shape index (κ2) is 6.15. The van der Waals surface area contributed by atoms with Gasteiger partial charge in [-0.1, -0.05) is 32.9 Å². The van der Waals surface area contributed by atoms with Crippen LogP contribution >= 0.6 is 0 Å². The Balaban J connectivity index is 1.99. The Morgan fingerprint density at radius 2 is 1.76 bits per heavy atom. The van der Waals surface area contributed by atoms with Gasteiger partial charge in [-0.2, -0.15) is 0 Å². The Bertz CT molecular complexity index is 500. The standard InChI is InChI=1S/C18H25FN2/c1-17(2,3)18(14-20-4)9-11-21(12-10-18)13-15-5-7-16(19)8-6-15/h5-8H,9-14H2,1-3H3. The number of rotatable bonds is 3. The summed E-state index contributed by atoms with van der Waals surface area (Å²) in [6.45, 7) is 17.6. The van der Waals surface area contributed by atoms with Crippen molar-refractivity contribution >= 4 is 0 Å². The maximum Gasteiger partial charge on any atom is 0.220 e. The lowest BCUT2D eigenvalue weighted by Crippen LogP contribution is -2.47. The zero-order valence-corrected chi connectivity index (χ0v) is 13.3. The van der Waals surface area contributed by atoms with Crippen LogP contribution in [-0.4, -0.2) is 24.5 Å². The second-order valence-electron chi connectivity index (χ2n) is 7.25. The third-order valence-corrected chi connectivity index (χ3v) is 5.11. The van der Waals surface area contributed by atoms with Gasteiger partial charge in [0, 0.05) is 12.0 Å². The number of nitrogens with zero attached hydrogens (tertiary/aromatic N) is 2. The van der Waals surface area contributed by atoms with E-state index in [0.717, 1.165) is 38.0 Å². The van der Waals surface area contributed by atoms with Crippen molar-refractivity contribution in [2.75, 3.05) is 19.6 Å². The smallest absolute Gasteiger partial charge is 0.220 e. The van der Waals surface area contributed by atoms with Gasteiger partial charge >= 0.3 is 0 Å². The van der Waals surface area contributed by atoms with Crippen molar-refractivity contribution in [2.24, 2.45) is 10.8 Å². The zero-order valence-electron chi connectivity index (χ0n) is 13.3. The van der Waals surface area contributed by atoms with E-state index in [1.807, 2.05) is 12.1 Å². The van der Waals surface area contributed by atoms with Crippen molar-refractivity contribution in [3.05, 3.63) is 47.1 Å². The maximum absolute atomic E-state index is 12.9. The van der Waals surface area contributed by atoms with Gasteiger partial charge in [0.15, 0.2) is 0 Å². The highest BCUT2D eigenvalue weighted by atomic mass is 19.1. The first-order valence-electron chi connectivity index (χ1n) is 7.66. The monoisotopic (exact) mass is 288 g/mol. The van der Waals surface area contributed by atoms with E-state index in [0.29, 0.717) is 6.54 Å². The first kappa shape index (κ1) is 16.0. The highest BCUT2D eigenvalue weighted by molar-refractivity contribution is 5.16. The lowest BCUT2D eigenvalue weighted by Gasteiger charge is -2.46. The largest absolute Gasteiger partial charge is 0.316 e. The number of hydrogen-bond donors (Lipinski definition) is 0. The quantitative estimate of drug-likeness (QED) is 0.749. The first-order chi connectivity index (χ1) is 9.86. The predicted molar refractivity (Wildman–Crippen MR) is 84.3 cm³/mol. The SMILES string of the molecule is [C-]#[N+]CC1(C(C)(C)C)CCN(Cc2ccc(F)cc2)CC1. The van der Waals surface area contributed by atoms with E-state index in [-0.39, 0.29) is 16.6 Å². The van der Waals surface area contributed by atoms with Gasteiger partial charge < -0.3 is 4.85 Å². The van der Waals surface area contributed by atoms with E-state index < -0.39 is 0 Å². The fourth-order valence-corrected chi connectivity index (χ4v) is 3.28. The van der Waals surface area contributed by atoms with E-state index in [1.54, 1.807) is 0 Å². The van der Waals surface area contributed by atoms with Crippen LogP contribution in [0.2, 0.25) is 0 Å². The number of benzene rings is 1. The summed E-state index contributed by atoms with van der Waals surface area (Å²) < 4.78 is 12.9. The second-order valence-corrected chi connectivity index (χ2v) is 7.25. The van der Waals surface area contributed by atoms with Gasteiger partial charge in [0.2, 0.25) is 6.54 Å². The molecule has 0 saturated carbocycles. The molecule has 1 saturated heterocycles. The van der Waals surface area contributed by atoms with Crippen molar-refractivity contribution in [1.82, 2.24) is 4.90 Å². The van der Waals surface area contributed by atoms with E-state index in [1.165, 1.54) is 12.1 Å². The van der Waals surface area contributed by atoms with Gasteiger partial charge in [0.25, 0.3) is 0 Å². The molecular weight excluding hydrogens is 263 g/mol. The summed E-state index contributed by atoms with van der Waals surface area (Å²) in [5.74, 6) is -0.179. The van der Waals surface area contributed by atoms with Crippen molar-refractivity contribution in [3.8, 4) is 0 Å². The zero-order chi connectivity index (χ0) is 15.5. The molecule has 0 unspecified atom stereocenters. The van der Waals surface area contributed by atoms with Crippen LogP contribution in [0, 0.1) is 23.2 Å². The molecule has 2 rings (SSSR count). The van der Waals surface area contributed by atoms with Crippen molar-refractivity contribution in [3.63, 3.8) is 0 Å². The fraction of sp³-hybridized carbons (Fsp3) is 0.611. The Labute approximate surface area is 127 Å². The van der Waals surface area contributed by atoms with E-state index in [9.17, 15) is 4.39 Å². The summed E-state index contributed by atoms with van der Waals surface area (Å²) in [6, 6.07) is 6.77. The predicted octanol–water partition coefficient (Wildman–Crippen LogP) is 4.37. The summed E-state index contributed by atoms with van der Waals surface area (Å²) in [7, 11) is 0. The molecule has 114 valence electrons. The van der Waals surface area contributed by atoms with Gasteiger partial charge in [0.1, 0.15) is 5.82 Å². The molecule has 1 heterocycles. The van der Waals surface area contributed by atoms with E-state index >= 15 is 0 Å². The molecule has 0 aromatic heterocycles. The third-order valence-electron chi connectivity index (χ3n) is 5.11. The van der Waals surface area contributed by atoms with Crippen LogP contribution in [0.5, 0.6) is 0 Å². The van der Waals surface area contributed by atoms with Gasteiger partial charge in [-0.05, 0) is 49.0 Å². The molecular formula is C18H25FN2. The Morgan fingerprint density at radius 1 is 1.19 bits per heavy atom. The van der Waals surface area contributed by atoms with Crippen molar-refractivity contribution < 1.29 is 4.39 Å². The number of hydrogen-bond acceptors (Lipinski definition) is 1. The normalized spacial score (nSPS) is 19.2. The van der Waals surface area contributed by atoms with Crippen molar-refractivity contribution in [2.45, 2.75) is 40.2 Å². The Morgan fingerprint density at radius 3 is 2.24 bits per heavy atom. The molecule has 0 radical (unpaired) electrons. The van der Waals surface area contributed by atoms with Crippen LogP contribution in [0.1, 0.15) is 39.2 Å². The molecule has 0 bridgehead atoms. The first-order valence-corrected chi connectivity index (χ1v) is 7.66. The highest BCUT2D eigenvalue weighted by Gasteiger charge is 2.46. The molecule has 2 nitrogen and oxygen atoms in total. The molecule has 1 aliphatic rings. The van der Waals surface area contributed by atoms with Crippen LogP contribution in [-0.2, 0) is 6.54 Å². The van der Waals surface area contributed by atoms with Crippen LogP contribution in [0.4, 0.5) is 4.39 Å². The molecule has 1 aromatic rings. The minimum absolute atomic E-state index is 0.133. The topological polar surface area (TPSA) is 7.60 Å². The van der Waals surface area contributed by atoms with Gasteiger partial charge in [-0.3, -0.25) is 4.90 Å². The molecule has 0 atom stereocenters. The number of halogens is 1. The fourth-order valence-electron chi connectivity index (χ4n) is 3.28. The van der Waals surface area contributed by atoms with Gasteiger partial charge in [0.05, 0.1) is 0 Å². The van der Waals surface area contributed by atoms with Gasteiger partial charge in [-0.25, -0.2) is 11.0 Å². The molecule has 0 N–H and O–H groups in total. The minimum Gasteiger partial charge on any atom is -0.316 e. The van der Waals surface area contributed by atoms with Gasteiger partial charge in [-0.15, -0.1) is 0 Å². The molecule has 1 aliphatic heterocycles. The molecule has 1 fully saturated rings. The molecule has 1 aromatic carbocycles. The summed E-state index contributed by atoms with van der Waals surface area (Å²) in [4.78, 5) is 6.12. The van der Waals surface area contributed by atoms with Crippen molar-refractivity contribution in [1.29, 1.82) is 0 Å². The lowest BCUT2D eigenvalue weighted by molar-refractivity contribution is 0.0173.